The Morgan fingerprint density at radius 1 is 1.08 bits per heavy atom. The predicted octanol–water partition coefficient (Wildman–Crippen LogP) is 3.63. The molecular weight excluding hydrogens is 144 g/mol. The van der Waals surface area contributed by atoms with Gasteiger partial charge in [-0.1, -0.05) is 38.8 Å². The van der Waals surface area contributed by atoms with Crippen LogP contribution in [0.2, 0.25) is 0 Å². The lowest BCUT2D eigenvalue weighted by Gasteiger charge is -2.41. The molecule has 12 heavy (non-hydrogen) atoms. The average molecular weight is 164 g/mol. The Labute approximate surface area is 76.1 Å². The van der Waals surface area contributed by atoms with E-state index in [1.807, 2.05) is 0 Å². The Hall–Kier alpha value is -0.260. The molecule has 0 aromatic heterocycles. The smallest absolute Gasteiger partial charge is 0.0231 e. The molecule has 0 nitrogen and oxygen atoms in total. The summed E-state index contributed by atoms with van der Waals surface area (Å²) in [6.07, 6.45) is 10.6. The van der Waals surface area contributed by atoms with E-state index >= 15 is 0 Å². The summed E-state index contributed by atoms with van der Waals surface area (Å²) in [5, 5.41) is 0. The molecule has 0 bridgehead atoms. The highest BCUT2D eigenvalue weighted by molar-refractivity contribution is 5.01. The highest BCUT2D eigenvalue weighted by Gasteiger charge is 2.33. The van der Waals surface area contributed by atoms with Gasteiger partial charge in [0.25, 0.3) is 0 Å². The van der Waals surface area contributed by atoms with Gasteiger partial charge >= 0.3 is 0 Å². The molecule has 1 fully saturated rings. The Bertz CT molecular complexity index is 180. The van der Waals surface area contributed by atoms with Crippen LogP contribution in [0.1, 0.15) is 39.5 Å². The summed E-state index contributed by atoms with van der Waals surface area (Å²) < 4.78 is 0. The van der Waals surface area contributed by atoms with Crippen molar-refractivity contribution in [3.63, 3.8) is 0 Å². The van der Waals surface area contributed by atoms with E-state index in [1.54, 1.807) is 0 Å². The van der Waals surface area contributed by atoms with E-state index in [0.29, 0.717) is 0 Å². The second-order valence-electron chi connectivity index (χ2n) is 4.76. The number of hydrogen-bond donors (Lipinski definition) is 0. The molecule has 68 valence electrons. The summed E-state index contributed by atoms with van der Waals surface area (Å²) >= 11 is 0. The van der Waals surface area contributed by atoms with Gasteiger partial charge in [-0.15, -0.1) is 0 Å². The monoisotopic (exact) mass is 164 g/mol. The van der Waals surface area contributed by atoms with Crippen LogP contribution in [0.5, 0.6) is 0 Å². The van der Waals surface area contributed by atoms with Crippen molar-refractivity contribution >= 4 is 0 Å². The lowest BCUT2D eigenvalue weighted by Crippen LogP contribution is -2.32. The van der Waals surface area contributed by atoms with Gasteiger partial charge in [0.15, 0.2) is 0 Å². The summed E-state index contributed by atoms with van der Waals surface area (Å²) in [5.74, 6) is 3.86. The Balaban J connectivity index is 2.13. The average Bonchev–Trinajstić information content (AvgIpc) is 2.07. The van der Waals surface area contributed by atoms with Crippen LogP contribution >= 0.6 is 0 Å². The van der Waals surface area contributed by atoms with E-state index in [1.165, 1.54) is 25.7 Å². The predicted molar refractivity (Wildman–Crippen MR) is 52.9 cm³/mol. The topological polar surface area (TPSA) is 0 Å². The molecule has 0 aromatic carbocycles. The van der Waals surface area contributed by atoms with Crippen LogP contribution in [-0.2, 0) is 0 Å². The van der Waals surface area contributed by atoms with Gasteiger partial charge in [-0.25, -0.2) is 0 Å². The fourth-order valence-corrected chi connectivity index (χ4v) is 3.18. The van der Waals surface area contributed by atoms with Crippen molar-refractivity contribution < 1.29 is 0 Å². The minimum absolute atomic E-state index is 0.853. The molecule has 0 radical (unpaired) electrons. The van der Waals surface area contributed by atoms with Gasteiger partial charge in [0.2, 0.25) is 0 Å². The van der Waals surface area contributed by atoms with E-state index in [4.69, 9.17) is 0 Å². The highest BCUT2D eigenvalue weighted by Crippen LogP contribution is 2.43. The zero-order valence-electron chi connectivity index (χ0n) is 8.29. The quantitative estimate of drug-likeness (QED) is 0.479. The molecule has 2 rings (SSSR count). The molecule has 1 saturated carbocycles. The minimum Gasteiger partial charge on any atom is -0.0880 e. The Kier molecular flexibility index (Phi) is 2.25. The number of allylic oxidation sites excluding steroid dienone is 2. The third kappa shape index (κ3) is 1.32. The van der Waals surface area contributed by atoms with Gasteiger partial charge in [0.1, 0.15) is 0 Å². The summed E-state index contributed by atoms with van der Waals surface area (Å²) in [6, 6.07) is 0. The Morgan fingerprint density at radius 2 is 1.92 bits per heavy atom. The zero-order chi connectivity index (χ0) is 8.55. The van der Waals surface area contributed by atoms with Gasteiger partial charge in [-0.05, 0) is 36.5 Å². The van der Waals surface area contributed by atoms with Crippen LogP contribution in [0, 0.1) is 23.7 Å². The van der Waals surface area contributed by atoms with Crippen LogP contribution in [0.25, 0.3) is 0 Å². The van der Waals surface area contributed by atoms with Crippen molar-refractivity contribution in [1.29, 1.82) is 0 Å². The van der Waals surface area contributed by atoms with Gasteiger partial charge in [-0.3, -0.25) is 0 Å². The van der Waals surface area contributed by atoms with Crippen molar-refractivity contribution in [2.45, 2.75) is 39.5 Å². The fourth-order valence-electron chi connectivity index (χ4n) is 3.18. The largest absolute Gasteiger partial charge is 0.0880 e. The zero-order valence-corrected chi connectivity index (χ0v) is 8.29. The molecular formula is C12H20. The van der Waals surface area contributed by atoms with Crippen LogP contribution in [-0.4, -0.2) is 0 Å². The number of fused-ring (bicyclic) bond motifs is 1. The molecule has 0 saturated heterocycles. The summed E-state index contributed by atoms with van der Waals surface area (Å²) in [6.45, 7) is 4.84. The first kappa shape index (κ1) is 8.34. The molecule has 0 heterocycles. The first-order valence-electron chi connectivity index (χ1n) is 5.45. The third-order valence-corrected chi connectivity index (χ3v) is 4.00. The fraction of sp³-hybridized carbons (Fsp3) is 0.833. The normalized spacial score (nSPS) is 47.2. The summed E-state index contributed by atoms with van der Waals surface area (Å²) in [4.78, 5) is 0. The molecule has 0 N–H and O–H groups in total. The molecule has 0 aliphatic heterocycles. The van der Waals surface area contributed by atoms with Gasteiger partial charge in [0.05, 0.1) is 0 Å². The SMILES string of the molecule is C[C@H]1C=CCC2C1CCC[C@@H]2C. The van der Waals surface area contributed by atoms with Gasteiger partial charge in [0, 0.05) is 0 Å². The number of hydrogen-bond acceptors (Lipinski definition) is 0. The highest BCUT2D eigenvalue weighted by atomic mass is 14.4. The minimum atomic E-state index is 0.853. The maximum atomic E-state index is 2.45. The molecule has 0 aromatic rings. The second-order valence-corrected chi connectivity index (χ2v) is 4.76. The van der Waals surface area contributed by atoms with E-state index in [9.17, 15) is 0 Å². The molecule has 2 aliphatic carbocycles. The molecule has 2 aliphatic rings. The van der Waals surface area contributed by atoms with E-state index in [2.05, 4.69) is 26.0 Å². The van der Waals surface area contributed by atoms with Gasteiger partial charge in [-0.2, -0.15) is 0 Å². The van der Waals surface area contributed by atoms with Crippen molar-refractivity contribution in [1.82, 2.24) is 0 Å². The van der Waals surface area contributed by atoms with Gasteiger partial charge < -0.3 is 0 Å². The summed E-state index contributed by atoms with van der Waals surface area (Å²) in [7, 11) is 0. The van der Waals surface area contributed by atoms with Crippen molar-refractivity contribution in [2.24, 2.45) is 23.7 Å². The third-order valence-electron chi connectivity index (χ3n) is 4.00. The maximum Gasteiger partial charge on any atom is -0.0231 e. The summed E-state index contributed by atoms with van der Waals surface area (Å²) in [5.41, 5.74) is 0. The lowest BCUT2D eigenvalue weighted by atomic mass is 9.64. The maximum absolute atomic E-state index is 2.45. The van der Waals surface area contributed by atoms with E-state index in [-0.39, 0.29) is 0 Å². The number of rotatable bonds is 0. The first-order chi connectivity index (χ1) is 5.79. The molecule has 0 heteroatoms. The van der Waals surface area contributed by atoms with E-state index < -0.39 is 0 Å². The lowest BCUT2D eigenvalue weighted by molar-refractivity contribution is 0.127. The molecule has 4 atom stereocenters. The second kappa shape index (κ2) is 3.24. The molecule has 2 unspecified atom stereocenters. The Morgan fingerprint density at radius 3 is 2.67 bits per heavy atom. The van der Waals surface area contributed by atoms with E-state index in [0.717, 1.165) is 23.7 Å². The van der Waals surface area contributed by atoms with Crippen LogP contribution in [0.4, 0.5) is 0 Å². The first-order valence-corrected chi connectivity index (χ1v) is 5.45. The van der Waals surface area contributed by atoms with Crippen molar-refractivity contribution in [3.05, 3.63) is 12.2 Å². The van der Waals surface area contributed by atoms with Crippen LogP contribution in [0.15, 0.2) is 12.2 Å². The van der Waals surface area contributed by atoms with Crippen molar-refractivity contribution in [3.8, 4) is 0 Å². The molecule has 0 amide bonds. The molecule has 0 spiro atoms. The van der Waals surface area contributed by atoms with Crippen LogP contribution < -0.4 is 0 Å². The standard InChI is InChI=1S/C12H20/c1-9-5-3-8-12-10(2)6-4-7-11(9)12/h3,5,9-12H,4,6-8H2,1-2H3/t9-,10-,11?,12?/m0/s1. The van der Waals surface area contributed by atoms with Crippen molar-refractivity contribution in [2.75, 3.05) is 0 Å². The van der Waals surface area contributed by atoms with Crippen LogP contribution in [0.3, 0.4) is 0 Å².